The summed E-state index contributed by atoms with van der Waals surface area (Å²) in [4.78, 5) is 28.4. The summed E-state index contributed by atoms with van der Waals surface area (Å²) in [5.74, 6) is -5.02. The number of carbonyl (C=O) groups excluding carboxylic acids is 2. The van der Waals surface area contributed by atoms with Gasteiger partial charge in [-0.2, -0.15) is 31.4 Å². The van der Waals surface area contributed by atoms with Gasteiger partial charge in [-0.25, -0.2) is 18.3 Å². The predicted molar refractivity (Wildman–Crippen MR) is 148 cm³/mol. The van der Waals surface area contributed by atoms with Gasteiger partial charge in [0.05, 0.1) is 5.56 Å². The zero-order chi connectivity index (χ0) is 33.4. The van der Waals surface area contributed by atoms with Crippen molar-refractivity contribution >= 4 is 29.1 Å². The van der Waals surface area contributed by atoms with Crippen molar-refractivity contribution in [1.29, 1.82) is 0 Å². The third-order valence-electron chi connectivity index (χ3n) is 7.25. The lowest BCUT2D eigenvalue weighted by molar-refractivity contribution is -0.164. The number of halogens is 8. The van der Waals surface area contributed by atoms with Crippen LogP contribution in [-0.4, -0.2) is 70.9 Å². The number of nitrogens with one attached hydrogen (secondary N) is 2. The highest BCUT2D eigenvalue weighted by atomic mass is 19.4. The number of carbonyl (C=O) groups is 2. The Kier molecular flexibility index (Phi) is 9.30. The SMILES string of the molecule is CC(n1nc(-c2cc(F)c(NC(=O)Nc3ccc(CN4CCN(C)CC4)c(C(F)(F)F)c3)c(F)c2)c(C(N)=O)c1N)C(F)(F)F. The number of hydrogen-bond acceptors (Lipinski definition) is 6. The highest BCUT2D eigenvalue weighted by Crippen LogP contribution is 2.37. The molecule has 4 rings (SSSR count). The van der Waals surface area contributed by atoms with Gasteiger partial charge in [0.25, 0.3) is 5.91 Å². The van der Waals surface area contributed by atoms with E-state index in [0.717, 1.165) is 0 Å². The van der Waals surface area contributed by atoms with Crippen molar-refractivity contribution in [2.75, 3.05) is 49.6 Å². The lowest BCUT2D eigenvalue weighted by atomic mass is 10.0. The summed E-state index contributed by atoms with van der Waals surface area (Å²) in [7, 11) is 1.91. The first-order valence-electron chi connectivity index (χ1n) is 13.3. The molecule has 2 heterocycles. The second-order valence-corrected chi connectivity index (χ2v) is 10.5. The molecule has 1 aliphatic heterocycles. The average molecular weight is 649 g/mol. The molecule has 244 valence electrons. The summed E-state index contributed by atoms with van der Waals surface area (Å²) in [6.45, 7) is 3.22. The number of primary amides is 1. The van der Waals surface area contributed by atoms with E-state index < -0.39 is 75.9 Å². The molecule has 6 N–H and O–H groups in total. The van der Waals surface area contributed by atoms with Crippen molar-refractivity contribution in [3.63, 3.8) is 0 Å². The summed E-state index contributed by atoms with van der Waals surface area (Å²) in [6, 6.07) is 0.606. The highest BCUT2D eigenvalue weighted by Gasteiger charge is 2.40. The number of nitrogen functional groups attached to an aromatic ring is 1. The lowest BCUT2D eigenvalue weighted by Gasteiger charge is -2.33. The van der Waals surface area contributed by atoms with E-state index in [1.54, 1.807) is 0 Å². The molecule has 0 saturated carbocycles. The van der Waals surface area contributed by atoms with Gasteiger partial charge in [0.1, 0.15) is 40.4 Å². The zero-order valence-corrected chi connectivity index (χ0v) is 23.8. The van der Waals surface area contributed by atoms with Crippen LogP contribution in [0.4, 0.5) is 57.1 Å². The monoisotopic (exact) mass is 648 g/mol. The van der Waals surface area contributed by atoms with Crippen LogP contribution in [0.5, 0.6) is 0 Å². The van der Waals surface area contributed by atoms with Crippen LogP contribution < -0.4 is 22.1 Å². The largest absolute Gasteiger partial charge is 0.416 e. The molecule has 18 heteroatoms. The van der Waals surface area contributed by atoms with Crippen LogP contribution in [0.3, 0.4) is 0 Å². The van der Waals surface area contributed by atoms with Crippen LogP contribution in [-0.2, 0) is 12.7 Å². The van der Waals surface area contributed by atoms with Crippen molar-refractivity contribution in [2.24, 2.45) is 5.73 Å². The van der Waals surface area contributed by atoms with Crippen LogP contribution >= 0.6 is 0 Å². The molecule has 1 aliphatic rings. The van der Waals surface area contributed by atoms with Crippen molar-refractivity contribution in [1.82, 2.24) is 19.6 Å². The number of aromatic nitrogens is 2. The minimum atomic E-state index is -4.85. The van der Waals surface area contributed by atoms with E-state index in [2.05, 4.69) is 10.4 Å². The molecule has 3 amide bonds. The van der Waals surface area contributed by atoms with Gasteiger partial charge in [-0.15, -0.1) is 0 Å². The van der Waals surface area contributed by atoms with E-state index in [-0.39, 0.29) is 22.5 Å². The number of amides is 3. The van der Waals surface area contributed by atoms with Gasteiger partial charge in [0.2, 0.25) is 0 Å². The van der Waals surface area contributed by atoms with Gasteiger partial charge < -0.3 is 27.0 Å². The molecule has 0 radical (unpaired) electrons. The van der Waals surface area contributed by atoms with Crippen molar-refractivity contribution in [3.8, 4) is 11.3 Å². The van der Waals surface area contributed by atoms with E-state index in [1.165, 1.54) is 12.1 Å². The fourth-order valence-electron chi connectivity index (χ4n) is 4.73. The van der Waals surface area contributed by atoms with Gasteiger partial charge in [-0.05, 0) is 43.8 Å². The normalized spacial score (nSPS) is 15.6. The molecule has 1 aromatic heterocycles. The summed E-state index contributed by atoms with van der Waals surface area (Å²) in [5, 5.41) is 7.57. The van der Waals surface area contributed by atoms with Crippen molar-refractivity contribution < 1.29 is 44.7 Å². The number of urea groups is 1. The average Bonchev–Trinajstić information content (AvgIpc) is 3.28. The quantitative estimate of drug-likeness (QED) is 0.265. The number of nitrogens with zero attached hydrogens (tertiary/aromatic N) is 4. The Morgan fingerprint density at radius 3 is 2.11 bits per heavy atom. The molecule has 1 fully saturated rings. The van der Waals surface area contributed by atoms with Gasteiger partial charge >= 0.3 is 18.4 Å². The number of rotatable bonds is 7. The van der Waals surface area contributed by atoms with Gasteiger partial charge in [-0.3, -0.25) is 9.69 Å². The summed E-state index contributed by atoms with van der Waals surface area (Å²) < 4.78 is 112. The Labute approximate surface area is 250 Å². The van der Waals surface area contributed by atoms with Crippen LogP contribution in [0, 0.1) is 11.6 Å². The number of likely N-dealkylation sites (N-methyl/N-ethyl adjacent to an activating group) is 1. The first-order chi connectivity index (χ1) is 20.9. The van der Waals surface area contributed by atoms with Crippen LogP contribution in [0.15, 0.2) is 30.3 Å². The minimum Gasteiger partial charge on any atom is -0.383 e. The van der Waals surface area contributed by atoms with Crippen LogP contribution in [0.25, 0.3) is 11.3 Å². The van der Waals surface area contributed by atoms with Crippen molar-refractivity contribution in [2.45, 2.75) is 31.9 Å². The number of alkyl halides is 6. The number of hydrogen-bond donors (Lipinski definition) is 4. The van der Waals surface area contributed by atoms with E-state index in [1.807, 2.05) is 22.2 Å². The first-order valence-corrected chi connectivity index (χ1v) is 13.3. The van der Waals surface area contributed by atoms with E-state index in [4.69, 9.17) is 11.5 Å². The zero-order valence-electron chi connectivity index (χ0n) is 23.8. The maximum Gasteiger partial charge on any atom is 0.416 e. The Bertz CT molecular complexity index is 1570. The molecule has 2 aromatic carbocycles. The maximum atomic E-state index is 15.0. The molecule has 0 spiro atoms. The molecule has 0 aliphatic carbocycles. The molecule has 45 heavy (non-hydrogen) atoms. The summed E-state index contributed by atoms with van der Waals surface area (Å²) in [6.07, 6.45) is -9.61. The van der Waals surface area contributed by atoms with Crippen LogP contribution in [0.2, 0.25) is 0 Å². The summed E-state index contributed by atoms with van der Waals surface area (Å²) >= 11 is 0. The van der Waals surface area contributed by atoms with Gasteiger partial charge in [-0.1, -0.05) is 6.07 Å². The minimum absolute atomic E-state index is 0.0197. The number of benzene rings is 2. The van der Waals surface area contributed by atoms with Crippen molar-refractivity contribution in [3.05, 3.63) is 58.7 Å². The molecule has 0 bridgehead atoms. The second-order valence-electron chi connectivity index (χ2n) is 10.5. The Hall–Kier alpha value is -4.45. The Morgan fingerprint density at radius 1 is 0.978 bits per heavy atom. The van der Waals surface area contributed by atoms with Gasteiger partial charge in [0.15, 0.2) is 0 Å². The summed E-state index contributed by atoms with van der Waals surface area (Å²) in [5.41, 5.74) is 6.61. The number of nitrogens with two attached hydrogens (primary N) is 2. The standard InChI is InChI=1S/C27H28F8N8O2/c1-13(26(30,31)32)43-23(36)20(24(37)44)21(40-43)15-9-18(28)22(19(29)10-15)39-25(45)38-16-4-3-14(17(11-16)27(33,34)35)12-42-7-5-41(2)6-8-42/h3-4,9-11,13H,5-8,12,36H2,1-2H3,(H2,37,44)(H2,38,39,45). The first kappa shape index (κ1) is 33.4. The molecule has 3 aromatic rings. The highest BCUT2D eigenvalue weighted by molar-refractivity contribution is 6.04. The molecule has 1 saturated heterocycles. The molecule has 1 unspecified atom stereocenters. The van der Waals surface area contributed by atoms with Crippen LogP contribution in [0.1, 0.15) is 34.5 Å². The molecule has 1 atom stereocenters. The molecular formula is C27H28F8N8O2. The third kappa shape index (κ3) is 7.44. The number of anilines is 3. The predicted octanol–water partition coefficient (Wildman–Crippen LogP) is 5.04. The maximum absolute atomic E-state index is 15.0. The Morgan fingerprint density at radius 2 is 1.58 bits per heavy atom. The molecular weight excluding hydrogens is 620 g/mol. The molecule has 10 nitrogen and oxygen atoms in total. The van der Waals surface area contributed by atoms with E-state index in [9.17, 15) is 35.9 Å². The van der Waals surface area contributed by atoms with E-state index >= 15 is 8.78 Å². The van der Waals surface area contributed by atoms with Gasteiger partial charge in [0, 0.05) is 44.0 Å². The fourth-order valence-corrected chi connectivity index (χ4v) is 4.73. The number of piperazine rings is 1. The fraction of sp³-hybridized carbons (Fsp3) is 0.370. The second kappa shape index (κ2) is 12.5. The smallest absolute Gasteiger partial charge is 0.383 e. The topological polar surface area (TPSA) is 135 Å². The third-order valence-corrected chi connectivity index (χ3v) is 7.25. The Balaban J connectivity index is 1.56. The lowest BCUT2D eigenvalue weighted by Crippen LogP contribution is -2.44. The van der Waals surface area contributed by atoms with E-state index in [0.29, 0.717) is 51.3 Å².